The average molecular weight is 270 g/mol. The minimum Gasteiger partial charge on any atom is -0.314 e. The summed E-state index contributed by atoms with van der Waals surface area (Å²) in [4.78, 5) is 0. The minimum absolute atomic E-state index is 0.0363. The average Bonchev–Trinajstić information content (AvgIpc) is 2.17. The first-order chi connectivity index (χ1) is 7.54. The highest BCUT2D eigenvalue weighted by Gasteiger charge is 2.31. The summed E-state index contributed by atoms with van der Waals surface area (Å²) in [5, 5.41) is 0. The lowest BCUT2D eigenvalue weighted by atomic mass is 10.5. The maximum absolute atomic E-state index is 14.4. The lowest BCUT2D eigenvalue weighted by Crippen LogP contribution is -2.27. The van der Waals surface area contributed by atoms with Crippen molar-refractivity contribution in [2.24, 2.45) is 0 Å². The normalized spacial score (nSPS) is 13.1. The molecule has 0 unspecified atom stereocenters. The summed E-state index contributed by atoms with van der Waals surface area (Å²) in [6, 6.07) is 3.90. The summed E-state index contributed by atoms with van der Waals surface area (Å²) in [6.07, 6.45) is -0.261. The molecule has 0 nitrogen and oxygen atoms in total. The van der Waals surface area contributed by atoms with Crippen LogP contribution in [0.15, 0.2) is 0 Å². The summed E-state index contributed by atoms with van der Waals surface area (Å²) in [6.45, 7) is 4.07. The van der Waals surface area contributed by atoms with E-state index in [1.165, 1.54) is 0 Å². The van der Waals surface area contributed by atoms with Crippen molar-refractivity contribution in [3.63, 3.8) is 0 Å². The fraction of sp³-hybridized carbons (Fsp3) is 1.00. The lowest BCUT2D eigenvalue weighted by Gasteiger charge is -2.21. The van der Waals surface area contributed by atoms with Gasteiger partial charge in [0.25, 0.3) is 0 Å². The van der Waals surface area contributed by atoms with Gasteiger partial charge in [0.2, 0.25) is 14.8 Å². The summed E-state index contributed by atoms with van der Waals surface area (Å²) >= 11 is 0. The first-order valence-corrected chi connectivity index (χ1v) is 11.0. The van der Waals surface area contributed by atoms with Crippen molar-refractivity contribution >= 4 is 17.9 Å². The van der Waals surface area contributed by atoms with E-state index in [1.807, 2.05) is 13.8 Å². The molecular formula is C11H25F3Si2. The van der Waals surface area contributed by atoms with Gasteiger partial charge in [-0.1, -0.05) is 38.8 Å². The van der Waals surface area contributed by atoms with Crippen molar-refractivity contribution in [1.29, 1.82) is 0 Å². The maximum Gasteiger partial charge on any atom is 0.246 e. The molecule has 0 radical (unpaired) electrons. The molecule has 16 heavy (non-hydrogen) atoms. The van der Waals surface area contributed by atoms with Crippen LogP contribution in [0, 0.1) is 0 Å². The Kier molecular flexibility index (Phi) is 9.40. The first kappa shape index (κ1) is 16.2. The monoisotopic (exact) mass is 270 g/mol. The van der Waals surface area contributed by atoms with Crippen LogP contribution in [0.2, 0.25) is 30.2 Å². The van der Waals surface area contributed by atoms with Gasteiger partial charge in [0.05, 0.1) is 0 Å². The van der Waals surface area contributed by atoms with E-state index in [2.05, 4.69) is 0 Å². The second-order valence-electron chi connectivity index (χ2n) is 4.64. The molecule has 0 spiro atoms. The molecule has 0 aromatic carbocycles. The van der Waals surface area contributed by atoms with Crippen molar-refractivity contribution in [2.75, 3.05) is 0 Å². The lowest BCUT2D eigenvalue weighted by molar-refractivity contribution is 0.144. The second kappa shape index (κ2) is 9.27. The fourth-order valence-corrected chi connectivity index (χ4v) is 9.22. The van der Waals surface area contributed by atoms with Crippen molar-refractivity contribution in [2.45, 2.75) is 69.8 Å². The van der Waals surface area contributed by atoms with Gasteiger partial charge in [-0.2, -0.15) is 0 Å². The Morgan fingerprint density at radius 2 is 1.56 bits per heavy atom. The summed E-state index contributed by atoms with van der Waals surface area (Å²) < 4.78 is 38.2. The molecule has 0 bridgehead atoms. The maximum atomic E-state index is 14.4. The predicted octanol–water partition coefficient (Wildman–Crippen LogP) is 4.38. The summed E-state index contributed by atoms with van der Waals surface area (Å²) in [5.74, 6) is 0. The van der Waals surface area contributed by atoms with E-state index in [4.69, 9.17) is 0 Å². The summed E-state index contributed by atoms with van der Waals surface area (Å²) in [5.41, 5.74) is 0. The van der Waals surface area contributed by atoms with Gasteiger partial charge in [-0.3, -0.25) is 0 Å². The van der Waals surface area contributed by atoms with E-state index < -0.39 is 24.4 Å². The Labute approximate surface area is 101 Å². The van der Waals surface area contributed by atoms with Crippen molar-refractivity contribution in [3.8, 4) is 0 Å². The molecule has 0 saturated heterocycles. The zero-order valence-electron chi connectivity index (χ0n) is 10.6. The van der Waals surface area contributed by atoms with Gasteiger partial charge in [-0.25, -0.2) is 8.78 Å². The molecule has 0 saturated carbocycles. The van der Waals surface area contributed by atoms with E-state index in [9.17, 15) is 12.9 Å². The molecule has 0 aliphatic heterocycles. The van der Waals surface area contributed by atoms with Crippen LogP contribution in [0.25, 0.3) is 0 Å². The molecule has 0 atom stereocenters. The molecule has 0 aromatic rings. The molecule has 0 fully saturated rings. The molecule has 0 N–H and O–H groups in total. The Morgan fingerprint density at radius 1 is 1.00 bits per heavy atom. The molecule has 0 aliphatic rings. The zero-order valence-corrected chi connectivity index (χ0v) is 13.0. The van der Waals surface area contributed by atoms with E-state index in [0.717, 1.165) is 37.0 Å². The molecule has 0 rings (SSSR count). The van der Waals surface area contributed by atoms with Crippen LogP contribution in [0.5, 0.6) is 0 Å². The van der Waals surface area contributed by atoms with Crippen LogP contribution in [0.3, 0.4) is 0 Å². The first-order valence-electron chi connectivity index (χ1n) is 6.51. The molecule has 0 heterocycles. The number of hydrogen-bond donors (Lipinski definition) is 0. The van der Waals surface area contributed by atoms with Gasteiger partial charge in [0.1, 0.15) is 0 Å². The third kappa shape index (κ3) is 8.38. The predicted molar refractivity (Wildman–Crippen MR) is 70.6 cm³/mol. The smallest absolute Gasteiger partial charge is 0.246 e. The van der Waals surface area contributed by atoms with Gasteiger partial charge >= 0.3 is 0 Å². The van der Waals surface area contributed by atoms with Crippen LogP contribution >= 0.6 is 0 Å². The highest BCUT2D eigenvalue weighted by atomic mass is 28.4. The van der Waals surface area contributed by atoms with E-state index in [1.54, 1.807) is 0 Å². The fourth-order valence-electron chi connectivity index (χ4n) is 2.19. The Morgan fingerprint density at radius 3 is 2.00 bits per heavy atom. The highest BCUT2D eigenvalue weighted by Crippen LogP contribution is 2.27. The van der Waals surface area contributed by atoms with E-state index in [-0.39, 0.29) is 6.42 Å². The molecule has 0 amide bonds. The molecule has 5 heteroatoms. The minimum atomic E-state index is -2.48. The molecule has 0 aliphatic carbocycles. The Hall–Kier alpha value is 0.224. The Bertz CT molecular complexity index is 159. The van der Waals surface area contributed by atoms with Crippen LogP contribution in [-0.4, -0.2) is 24.4 Å². The summed E-state index contributed by atoms with van der Waals surface area (Å²) in [7, 11) is -2.91. The standard InChI is InChI=1S/C11H25F3Si2/c1-3-8-16(14,9-4-2)10-7-15-6-5-11(12)13/h11H,3-10,15H2,1-2H3. The van der Waals surface area contributed by atoms with E-state index >= 15 is 0 Å². The zero-order chi connectivity index (χ0) is 12.4. The quantitative estimate of drug-likeness (QED) is 0.314. The van der Waals surface area contributed by atoms with Crippen LogP contribution in [0.4, 0.5) is 12.9 Å². The van der Waals surface area contributed by atoms with Gasteiger partial charge in [-0.15, -0.1) is 0 Å². The number of rotatable bonds is 10. The number of alkyl halides is 2. The van der Waals surface area contributed by atoms with Crippen molar-refractivity contribution in [1.82, 2.24) is 0 Å². The number of hydrogen-bond acceptors (Lipinski definition) is 0. The van der Waals surface area contributed by atoms with Gasteiger partial charge in [0, 0.05) is 15.9 Å². The third-order valence-electron chi connectivity index (χ3n) is 2.94. The van der Waals surface area contributed by atoms with Crippen LogP contribution in [0.1, 0.15) is 33.1 Å². The van der Waals surface area contributed by atoms with Gasteiger partial charge in [0.15, 0.2) is 0 Å². The molecular weight excluding hydrogens is 245 g/mol. The molecule has 0 aromatic heterocycles. The SMILES string of the molecule is CCC[Si](F)(CCC)CC[SiH2]CCC(F)F. The largest absolute Gasteiger partial charge is 0.314 e. The topological polar surface area (TPSA) is 0 Å². The van der Waals surface area contributed by atoms with Crippen molar-refractivity contribution in [3.05, 3.63) is 0 Å². The third-order valence-corrected chi connectivity index (χ3v) is 9.45. The van der Waals surface area contributed by atoms with Gasteiger partial charge in [-0.05, 0) is 18.1 Å². The van der Waals surface area contributed by atoms with Crippen molar-refractivity contribution < 1.29 is 12.9 Å². The second-order valence-corrected chi connectivity index (χ2v) is 10.6. The van der Waals surface area contributed by atoms with Gasteiger partial charge < -0.3 is 4.11 Å². The molecule has 98 valence electrons. The number of halogens is 3. The van der Waals surface area contributed by atoms with Crippen LogP contribution in [-0.2, 0) is 0 Å². The van der Waals surface area contributed by atoms with Crippen LogP contribution < -0.4 is 0 Å². The highest BCUT2D eigenvalue weighted by molar-refractivity contribution is 6.73. The Balaban J connectivity index is 3.67. The van der Waals surface area contributed by atoms with E-state index in [0.29, 0.717) is 6.04 Å².